The highest BCUT2D eigenvalue weighted by molar-refractivity contribution is 5.87. The van der Waals surface area contributed by atoms with Crippen molar-refractivity contribution in [3.05, 3.63) is 35.8 Å². The molecule has 4 nitrogen and oxygen atoms in total. The van der Waals surface area contributed by atoms with Crippen molar-refractivity contribution in [1.82, 2.24) is 9.38 Å². The third-order valence-corrected chi connectivity index (χ3v) is 2.83. The Morgan fingerprint density at radius 1 is 1.50 bits per heavy atom. The van der Waals surface area contributed by atoms with Crippen LogP contribution in [0.25, 0.3) is 5.65 Å². The van der Waals surface area contributed by atoms with E-state index in [2.05, 4.69) is 18.8 Å². The summed E-state index contributed by atoms with van der Waals surface area (Å²) >= 11 is 0. The zero-order valence-electron chi connectivity index (χ0n) is 9.34. The van der Waals surface area contributed by atoms with Gasteiger partial charge in [-0.3, -0.25) is 0 Å². The number of pyridine rings is 1. The molecule has 2 rings (SSSR count). The van der Waals surface area contributed by atoms with Gasteiger partial charge in [0.15, 0.2) is 0 Å². The lowest BCUT2D eigenvalue weighted by Gasteiger charge is -2.01. The molecule has 0 aromatic carbocycles. The van der Waals surface area contributed by atoms with Gasteiger partial charge in [0.05, 0.1) is 11.3 Å². The van der Waals surface area contributed by atoms with Gasteiger partial charge in [0.25, 0.3) is 0 Å². The monoisotopic (exact) mass is 218 g/mol. The van der Waals surface area contributed by atoms with Crippen LogP contribution in [0.5, 0.6) is 0 Å². The predicted molar refractivity (Wildman–Crippen MR) is 60.9 cm³/mol. The van der Waals surface area contributed by atoms with Crippen molar-refractivity contribution in [1.29, 1.82) is 0 Å². The Morgan fingerprint density at radius 2 is 2.25 bits per heavy atom. The first-order chi connectivity index (χ1) is 7.61. The van der Waals surface area contributed by atoms with E-state index in [1.54, 1.807) is 22.7 Å². The lowest BCUT2D eigenvalue weighted by Crippen LogP contribution is -1.97. The maximum atomic E-state index is 10.8. The molecule has 84 valence electrons. The van der Waals surface area contributed by atoms with Gasteiger partial charge in [-0.05, 0) is 24.5 Å². The Bertz CT molecular complexity index is 531. The molecule has 0 aliphatic carbocycles. The van der Waals surface area contributed by atoms with Gasteiger partial charge in [0.2, 0.25) is 0 Å². The number of carboxylic acids is 1. The Hall–Kier alpha value is -1.84. The fraction of sp³-hybridized carbons (Fsp3) is 0.333. The number of aromatic carboxylic acids is 1. The van der Waals surface area contributed by atoms with E-state index in [4.69, 9.17) is 5.11 Å². The van der Waals surface area contributed by atoms with Crippen LogP contribution in [-0.4, -0.2) is 20.5 Å². The molecule has 0 fully saturated rings. The second kappa shape index (κ2) is 3.96. The van der Waals surface area contributed by atoms with Gasteiger partial charge in [-0.1, -0.05) is 13.8 Å². The molecule has 0 saturated heterocycles. The van der Waals surface area contributed by atoms with Gasteiger partial charge in [0.1, 0.15) is 5.65 Å². The molecular weight excluding hydrogens is 204 g/mol. The normalized spacial score (nSPS) is 12.9. The quantitative estimate of drug-likeness (QED) is 0.861. The van der Waals surface area contributed by atoms with E-state index in [1.165, 1.54) is 0 Å². The van der Waals surface area contributed by atoms with Crippen LogP contribution in [0.2, 0.25) is 0 Å². The van der Waals surface area contributed by atoms with E-state index in [1.807, 2.05) is 6.20 Å². The van der Waals surface area contributed by atoms with E-state index >= 15 is 0 Å². The van der Waals surface area contributed by atoms with Crippen LogP contribution in [0.15, 0.2) is 24.5 Å². The number of fused-ring (bicyclic) bond motifs is 1. The SMILES string of the molecule is CCC(C)c1cn2cc(C(=O)O)ccc2n1. The summed E-state index contributed by atoms with van der Waals surface area (Å²) in [5, 5.41) is 8.87. The maximum Gasteiger partial charge on any atom is 0.337 e. The minimum absolute atomic E-state index is 0.278. The molecule has 16 heavy (non-hydrogen) atoms. The zero-order chi connectivity index (χ0) is 11.7. The molecule has 0 radical (unpaired) electrons. The number of aromatic nitrogens is 2. The summed E-state index contributed by atoms with van der Waals surface area (Å²) in [5.74, 6) is -0.520. The molecule has 2 heterocycles. The van der Waals surface area contributed by atoms with Crippen molar-refractivity contribution in [3.63, 3.8) is 0 Å². The number of nitrogens with zero attached hydrogens (tertiary/aromatic N) is 2. The molecule has 0 aliphatic rings. The largest absolute Gasteiger partial charge is 0.478 e. The first kappa shape index (κ1) is 10.7. The lowest BCUT2D eigenvalue weighted by molar-refractivity contribution is 0.0696. The topological polar surface area (TPSA) is 54.6 Å². The fourth-order valence-corrected chi connectivity index (χ4v) is 1.58. The van der Waals surface area contributed by atoms with Crippen LogP contribution in [-0.2, 0) is 0 Å². The molecule has 2 aromatic heterocycles. The number of rotatable bonds is 3. The highest BCUT2D eigenvalue weighted by atomic mass is 16.4. The summed E-state index contributed by atoms with van der Waals surface area (Å²) in [6.45, 7) is 4.22. The minimum Gasteiger partial charge on any atom is -0.478 e. The molecule has 0 aliphatic heterocycles. The zero-order valence-corrected chi connectivity index (χ0v) is 9.34. The van der Waals surface area contributed by atoms with Crippen LogP contribution in [0.4, 0.5) is 0 Å². The Kier molecular flexibility index (Phi) is 2.64. The molecule has 0 amide bonds. The van der Waals surface area contributed by atoms with E-state index in [-0.39, 0.29) is 5.56 Å². The smallest absolute Gasteiger partial charge is 0.337 e. The Morgan fingerprint density at radius 3 is 2.88 bits per heavy atom. The number of imidazole rings is 1. The van der Waals surface area contributed by atoms with E-state index < -0.39 is 5.97 Å². The summed E-state index contributed by atoms with van der Waals surface area (Å²) in [4.78, 5) is 15.3. The third kappa shape index (κ3) is 1.78. The summed E-state index contributed by atoms with van der Waals surface area (Å²) < 4.78 is 1.77. The van der Waals surface area contributed by atoms with Crippen LogP contribution in [0.3, 0.4) is 0 Å². The Balaban J connectivity index is 2.49. The predicted octanol–water partition coefficient (Wildman–Crippen LogP) is 2.55. The molecule has 0 spiro atoms. The van der Waals surface area contributed by atoms with Crippen LogP contribution >= 0.6 is 0 Å². The average molecular weight is 218 g/mol. The summed E-state index contributed by atoms with van der Waals surface area (Å²) in [6.07, 6.45) is 4.52. The number of carboxylic acid groups (broad SMARTS) is 1. The van der Waals surface area contributed by atoms with Gasteiger partial charge in [-0.2, -0.15) is 0 Å². The van der Waals surface area contributed by atoms with Crippen molar-refractivity contribution in [2.75, 3.05) is 0 Å². The second-order valence-corrected chi connectivity index (χ2v) is 3.96. The summed E-state index contributed by atoms with van der Waals surface area (Å²) in [6, 6.07) is 3.31. The highest BCUT2D eigenvalue weighted by Crippen LogP contribution is 2.18. The number of carbonyl (C=O) groups is 1. The van der Waals surface area contributed by atoms with E-state index in [9.17, 15) is 4.79 Å². The van der Waals surface area contributed by atoms with Crippen molar-refractivity contribution in [2.24, 2.45) is 0 Å². The standard InChI is InChI=1S/C12H14N2O2/c1-3-8(2)10-7-14-6-9(12(15)16)4-5-11(14)13-10/h4-8H,3H2,1-2H3,(H,15,16). The molecular formula is C12H14N2O2. The number of hydrogen-bond acceptors (Lipinski definition) is 2. The number of hydrogen-bond donors (Lipinski definition) is 1. The average Bonchev–Trinajstić information content (AvgIpc) is 2.70. The summed E-state index contributed by atoms with van der Waals surface area (Å²) in [5.41, 5.74) is 2.07. The Labute approximate surface area is 93.5 Å². The van der Waals surface area contributed by atoms with Gasteiger partial charge in [0, 0.05) is 12.4 Å². The molecule has 2 aromatic rings. The van der Waals surface area contributed by atoms with Crippen LogP contribution in [0, 0.1) is 0 Å². The highest BCUT2D eigenvalue weighted by Gasteiger charge is 2.09. The van der Waals surface area contributed by atoms with Crippen molar-refractivity contribution in [3.8, 4) is 0 Å². The maximum absolute atomic E-state index is 10.8. The van der Waals surface area contributed by atoms with Crippen LogP contribution < -0.4 is 0 Å². The van der Waals surface area contributed by atoms with Crippen molar-refractivity contribution < 1.29 is 9.90 Å². The molecule has 4 heteroatoms. The second-order valence-electron chi connectivity index (χ2n) is 3.96. The fourth-order valence-electron chi connectivity index (χ4n) is 1.58. The van der Waals surface area contributed by atoms with Gasteiger partial charge < -0.3 is 9.51 Å². The first-order valence-electron chi connectivity index (χ1n) is 5.33. The first-order valence-corrected chi connectivity index (χ1v) is 5.33. The van der Waals surface area contributed by atoms with Crippen LogP contribution in [0.1, 0.15) is 42.2 Å². The third-order valence-electron chi connectivity index (χ3n) is 2.83. The molecule has 0 bridgehead atoms. The molecule has 1 N–H and O–H groups in total. The molecule has 1 atom stereocenters. The lowest BCUT2D eigenvalue weighted by atomic mass is 10.1. The van der Waals surface area contributed by atoms with Gasteiger partial charge >= 0.3 is 5.97 Å². The molecule has 0 saturated carbocycles. The van der Waals surface area contributed by atoms with E-state index in [0.717, 1.165) is 17.8 Å². The molecule has 1 unspecified atom stereocenters. The van der Waals surface area contributed by atoms with Crippen molar-refractivity contribution >= 4 is 11.6 Å². The van der Waals surface area contributed by atoms with E-state index in [0.29, 0.717) is 5.92 Å². The van der Waals surface area contributed by atoms with Gasteiger partial charge in [-0.15, -0.1) is 0 Å². The van der Waals surface area contributed by atoms with Crippen molar-refractivity contribution in [2.45, 2.75) is 26.2 Å². The minimum atomic E-state index is -0.916. The van der Waals surface area contributed by atoms with Gasteiger partial charge in [-0.25, -0.2) is 9.78 Å². The summed E-state index contributed by atoms with van der Waals surface area (Å²) in [7, 11) is 0.